The summed E-state index contributed by atoms with van der Waals surface area (Å²) in [5.74, 6) is -0.178. The van der Waals surface area contributed by atoms with Gasteiger partial charge in [0, 0.05) is 13.0 Å². The average Bonchev–Trinajstić information content (AvgIpc) is 3.05. The number of hydrogen-bond donors (Lipinski definition) is 2. The van der Waals surface area contributed by atoms with Gasteiger partial charge in [-0.15, -0.1) is 0 Å². The molecule has 8 nitrogen and oxygen atoms in total. The lowest BCUT2D eigenvalue weighted by molar-refractivity contribution is -0.136. The van der Waals surface area contributed by atoms with Crippen LogP contribution in [0.2, 0.25) is 0 Å². The summed E-state index contributed by atoms with van der Waals surface area (Å²) in [5.41, 5.74) is 1.64. The van der Waals surface area contributed by atoms with Crippen LogP contribution in [-0.2, 0) is 16.1 Å². The fourth-order valence-corrected chi connectivity index (χ4v) is 6.26. The maximum Gasteiger partial charge on any atom is 0.262 e. The quantitative estimate of drug-likeness (QED) is 0.660. The van der Waals surface area contributed by atoms with Gasteiger partial charge in [0.15, 0.2) is 0 Å². The molecule has 0 bridgehead atoms. The largest absolute Gasteiger partial charge is 0.317 e. The van der Waals surface area contributed by atoms with E-state index < -0.39 is 23.8 Å². The molecule has 5 rings (SSSR count). The van der Waals surface area contributed by atoms with E-state index in [0.717, 1.165) is 48.5 Å². The van der Waals surface area contributed by atoms with Crippen LogP contribution in [0.4, 0.5) is 0 Å². The highest BCUT2D eigenvalue weighted by Gasteiger charge is 2.45. The highest BCUT2D eigenvalue weighted by Crippen LogP contribution is 2.34. The van der Waals surface area contributed by atoms with Gasteiger partial charge < -0.3 is 5.32 Å². The first-order valence-electron chi connectivity index (χ1n) is 12.8. The fourth-order valence-electron chi connectivity index (χ4n) is 6.26. The van der Waals surface area contributed by atoms with Crippen molar-refractivity contribution in [3.63, 3.8) is 0 Å². The van der Waals surface area contributed by atoms with Gasteiger partial charge in [0.05, 0.1) is 11.1 Å². The monoisotopic (exact) mass is 466 g/mol. The third-order valence-electron chi connectivity index (χ3n) is 8.10. The van der Waals surface area contributed by atoms with Crippen LogP contribution in [0.15, 0.2) is 18.2 Å². The van der Waals surface area contributed by atoms with Crippen molar-refractivity contribution in [1.82, 2.24) is 20.4 Å². The van der Waals surface area contributed by atoms with E-state index >= 15 is 0 Å². The summed E-state index contributed by atoms with van der Waals surface area (Å²) in [6, 6.07) is 4.49. The number of nitrogens with zero attached hydrogens (tertiary/aromatic N) is 2. The molecular formula is C26H34N4O4. The summed E-state index contributed by atoms with van der Waals surface area (Å²) in [7, 11) is 0. The predicted octanol–water partition coefficient (Wildman–Crippen LogP) is 2.08. The maximum absolute atomic E-state index is 13.3. The van der Waals surface area contributed by atoms with Crippen molar-refractivity contribution in [3.8, 4) is 0 Å². The zero-order chi connectivity index (χ0) is 23.7. The minimum Gasteiger partial charge on any atom is -0.317 e. The van der Waals surface area contributed by atoms with Gasteiger partial charge in [-0.05, 0) is 94.6 Å². The van der Waals surface area contributed by atoms with Crippen LogP contribution in [0.3, 0.4) is 0 Å². The van der Waals surface area contributed by atoms with Crippen molar-refractivity contribution in [2.24, 2.45) is 11.8 Å². The molecule has 0 radical (unpaired) electrons. The number of rotatable bonds is 4. The lowest BCUT2D eigenvalue weighted by atomic mass is 9.78. The number of nitrogens with one attached hydrogen (secondary N) is 2. The summed E-state index contributed by atoms with van der Waals surface area (Å²) in [6.45, 7) is 4.91. The average molecular weight is 467 g/mol. The Balaban J connectivity index is 1.25. The smallest absolute Gasteiger partial charge is 0.262 e. The van der Waals surface area contributed by atoms with Gasteiger partial charge >= 0.3 is 0 Å². The van der Waals surface area contributed by atoms with Crippen molar-refractivity contribution in [1.29, 1.82) is 0 Å². The summed E-state index contributed by atoms with van der Waals surface area (Å²) in [5, 5.41) is 5.76. The Hall–Kier alpha value is -2.58. The van der Waals surface area contributed by atoms with Crippen LogP contribution >= 0.6 is 0 Å². The normalized spacial score (nSPS) is 25.8. The van der Waals surface area contributed by atoms with E-state index in [1.54, 1.807) is 6.07 Å². The summed E-state index contributed by atoms with van der Waals surface area (Å²) in [6.07, 6.45) is 7.83. The van der Waals surface area contributed by atoms with Crippen LogP contribution < -0.4 is 10.6 Å². The Morgan fingerprint density at radius 1 is 0.853 bits per heavy atom. The van der Waals surface area contributed by atoms with Gasteiger partial charge in [0.2, 0.25) is 11.8 Å². The minimum absolute atomic E-state index is 0.128. The minimum atomic E-state index is -0.923. The Morgan fingerprint density at radius 2 is 1.56 bits per heavy atom. The van der Waals surface area contributed by atoms with Gasteiger partial charge in [-0.3, -0.25) is 34.3 Å². The van der Waals surface area contributed by atoms with E-state index in [4.69, 9.17) is 0 Å². The van der Waals surface area contributed by atoms with E-state index in [-0.39, 0.29) is 18.7 Å². The molecule has 2 N–H and O–H groups in total. The van der Waals surface area contributed by atoms with Crippen LogP contribution in [0.25, 0.3) is 0 Å². The second kappa shape index (κ2) is 9.96. The van der Waals surface area contributed by atoms with Crippen molar-refractivity contribution < 1.29 is 19.2 Å². The molecule has 34 heavy (non-hydrogen) atoms. The number of amides is 4. The SMILES string of the molecule is O=C1CCC(N2C(=O)c3cccc(CN4CCC(C5CCCNCCC5)CC4)c3C2=O)C(=O)N1. The van der Waals surface area contributed by atoms with Gasteiger partial charge in [-0.1, -0.05) is 12.1 Å². The number of likely N-dealkylation sites (tertiary alicyclic amines) is 1. The molecule has 0 spiro atoms. The van der Waals surface area contributed by atoms with E-state index in [0.29, 0.717) is 17.7 Å². The van der Waals surface area contributed by atoms with Crippen LogP contribution in [-0.4, -0.2) is 65.6 Å². The number of hydrogen-bond acceptors (Lipinski definition) is 6. The zero-order valence-electron chi connectivity index (χ0n) is 19.7. The molecular weight excluding hydrogens is 432 g/mol. The first-order chi connectivity index (χ1) is 16.5. The number of piperidine rings is 2. The molecule has 3 saturated heterocycles. The molecule has 4 aliphatic heterocycles. The van der Waals surface area contributed by atoms with Crippen molar-refractivity contribution >= 4 is 23.6 Å². The lowest BCUT2D eigenvalue weighted by Gasteiger charge is -2.37. The predicted molar refractivity (Wildman–Crippen MR) is 126 cm³/mol. The number of fused-ring (bicyclic) bond motifs is 1. The third-order valence-corrected chi connectivity index (χ3v) is 8.10. The molecule has 0 aliphatic carbocycles. The molecule has 1 aromatic carbocycles. The number of carbonyl (C=O) groups excluding carboxylic acids is 4. The molecule has 1 aromatic rings. The number of benzene rings is 1. The molecule has 1 unspecified atom stereocenters. The molecule has 0 saturated carbocycles. The second-order valence-electron chi connectivity index (χ2n) is 10.2. The van der Waals surface area contributed by atoms with E-state index in [2.05, 4.69) is 15.5 Å². The van der Waals surface area contributed by atoms with Gasteiger partial charge in [-0.25, -0.2) is 0 Å². The van der Waals surface area contributed by atoms with Crippen LogP contribution in [0, 0.1) is 11.8 Å². The molecule has 4 aliphatic rings. The summed E-state index contributed by atoms with van der Waals surface area (Å²) >= 11 is 0. The number of carbonyl (C=O) groups is 4. The van der Waals surface area contributed by atoms with Crippen LogP contribution in [0.1, 0.15) is 77.6 Å². The molecule has 4 amide bonds. The first kappa shape index (κ1) is 23.2. The fraction of sp³-hybridized carbons (Fsp3) is 0.615. The van der Waals surface area contributed by atoms with Crippen molar-refractivity contribution in [2.75, 3.05) is 26.2 Å². The summed E-state index contributed by atoms with van der Waals surface area (Å²) < 4.78 is 0. The van der Waals surface area contributed by atoms with Gasteiger partial charge in [0.1, 0.15) is 6.04 Å². The Labute approximate surface area is 200 Å². The van der Waals surface area contributed by atoms with Gasteiger partial charge in [0.25, 0.3) is 11.8 Å². The van der Waals surface area contributed by atoms with E-state index in [9.17, 15) is 19.2 Å². The van der Waals surface area contributed by atoms with Crippen molar-refractivity contribution in [3.05, 3.63) is 34.9 Å². The van der Waals surface area contributed by atoms with Crippen molar-refractivity contribution in [2.45, 2.75) is 64.0 Å². The molecule has 1 atom stereocenters. The molecule has 182 valence electrons. The topological polar surface area (TPSA) is 98.8 Å². The van der Waals surface area contributed by atoms with E-state index in [1.807, 2.05) is 12.1 Å². The molecule has 3 fully saturated rings. The first-order valence-corrected chi connectivity index (χ1v) is 12.8. The number of imide groups is 2. The zero-order valence-corrected chi connectivity index (χ0v) is 19.7. The summed E-state index contributed by atoms with van der Waals surface area (Å²) in [4.78, 5) is 53.7. The Kier molecular flexibility index (Phi) is 6.79. The Bertz CT molecular complexity index is 977. The lowest BCUT2D eigenvalue weighted by Crippen LogP contribution is -2.54. The standard InChI is InChI=1S/C26H34N4O4/c31-22-9-8-21(24(32)28-22)30-25(33)20-7-1-4-19(23(20)26(30)34)16-29-14-10-18(11-15-29)17-5-2-12-27-13-3-6-17/h1,4,7,17-18,21,27H,2-3,5-6,8-16H2,(H,28,31,32). The molecule has 8 heteroatoms. The highest BCUT2D eigenvalue weighted by atomic mass is 16.2. The molecule has 0 aromatic heterocycles. The van der Waals surface area contributed by atoms with Crippen LogP contribution in [0.5, 0.6) is 0 Å². The maximum atomic E-state index is 13.3. The molecule has 4 heterocycles. The van der Waals surface area contributed by atoms with E-state index in [1.165, 1.54) is 38.5 Å². The second-order valence-corrected chi connectivity index (χ2v) is 10.2. The van der Waals surface area contributed by atoms with Gasteiger partial charge in [-0.2, -0.15) is 0 Å². The Morgan fingerprint density at radius 3 is 2.26 bits per heavy atom. The third kappa shape index (κ3) is 4.53. The highest BCUT2D eigenvalue weighted by molar-refractivity contribution is 6.24.